The van der Waals surface area contributed by atoms with Crippen LogP contribution in [0.5, 0.6) is 5.75 Å². The van der Waals surface area contributed by atoms with Crippen molar-refractivity contribution in [2.45, 2.75) is 13.8 Å². The van der Waals surface area contributed by atoms with Gasteiger partial charge >= 0.3 is 5.97 Å². The van der Waals surface area contributed by atoms with Crippen molar-refractivity contribution < 1.29 is 24.0 Å². The van der Waals surface area contributed by atoms with Gasteiger partial charge in [-0.25, -0.2) is 4.79 Å². The van der Waals surface area contributed by atoms with Crippen LogP contribution in [0.4, 0.5) is 11.4 Å². The van der Waals surface area contributed by atoms with E-state index < -0.39 is 16.8 Å². The highest BCUT2D eigenvalue weighted by Gasteiger charge is 2.28. The second-order valence-corrected chi connectivity index (χ2v) is 7.82. The molecule has 1 aromatic heterocycles. The first-order chi connectivity index (χ1) is 14.2. The minimum atomic E-state index is -0.681. The molecule has 30 heavy (non-hydrogen) atoms. The molecule has 1 heterocycles. The molecule has 0 atom stereocenters. The van der Waals surface area contributed by atoms with Gasteiger partial charge in [0.25, 0.3) is 11.6 Å². The molecule has 1 N–H and O–H groups in total. The zero-order chi connectivity index (χ0) is 22.2. The number of nitrogens with one attached hydrogen (secondary N) is 1. The summed E-state index contributed by atoms with van der Waals surface area (Å²) in [5, 5.41) is 14.9. The Balaban J connectivity index is 2.20. The van der Waals surface area contributed by atoms with Crippen molar-refractivity contribution in [3.05, 3.63) is 61.0 Å². The molecule has 156 valence electrons. The molecule has 2 aromatic carbocycles. The van der Waals surface area contributed by atoms with Gasteiger partial charge in [0, 0.05) is 15.1 Å². The van der Waals surface area contributed by atoms with Crippen molar-refractivity contribution in [3.63, 3.8) is 0 Å². The number of benzene rings is 2. The Labute approximate surface area is 180 Å². The summed E-state index contributed by atoms with van der Waals surface area (Å²) in [5.74, 6) is -1.09. The molecule has 0 aliphatic rings. The molecule has 0 unspecified atom stereocenters. The Morgan fingerprint density at radius 1 is 1.20 bits per heavy atom. The Bertz CT molecular complexity index is 1200. The molecule has 0 aliphatic carbocycles. The van der Waals surface area contributed by atoms with Gasteiger partial charge in [-0.1, -0.05) is 11.6 Å². The fourth-order valence-corrected chi connectivity index (χ4v) is 4.59. The number of thiophene rings is 1. The number of anilines is 1. The van der Waals surface area contributed by atoms with E-state index in [1.807, 2.05) is 6.92 Å². The number of amides is 1. The number of methoxy groups -OCH3 is 2. The van der Waals surface area contributed by atoms with E-state index >= 15 is 0 Å². The SMILES string of the molecule is COC(=O)c1sc2c(C)cc(Cl)c(C)c2c1C(=O)Nc1ccc(OC)cc1[N+](=O)[O-]. The number of fused-ring (bicyclic) bond motifs is 1. The molecule has 0 saturated carbocycles. The Morgan fingerprint density at radius 3 is 2.50 bits per heavy atom. The van der Waals surface area contributed by atoms with Crippen LogP contribution in [0.15, 0.2) is 24.3 Å². The summed E-state index contributed by atoms with van der Waals surface area (Å²) in [6.07, 6.45) is 0. The topological polar surface area (TPSA) is 108 Å². The molecule has 0 aliphatic heterocycles. The molecule has 10 heteroatoms. The number of aryl methyl sites for hydroxylation is 2. The maximum absolute atomic E-state index is 13.2. The van der Waals surface area contributed by atoms with Gasteiger partial charge in [0.2, 0.25) is 0 Å². The van der Waals surface area contributed by atoms with E-state index in [0.29, 0.717) is 20.7 Å². The third-order valence-corrected chi connectivity index (χ3v) is 6.29. The van der Waals surface area contributed by atoms with Gasteiger partial charge in [-0.05, 0) is 43.2 Å². The molecular formula is C20H17ClN2O6S. The van der Waals surface area contributed by atoms with Crippen LogP contribution >= 0.6 is 22.9 Å². The second kappa shape index (κ2) is 8.29. The molecular weight excluding hydrogens is 432 g/mol. The minimum absolute atomic E-state index is 0.0302. The molecule has 0 spiro atoms. The summed E-state index contributed by atoms with van der Waals surface area (Å²) in [6, 6.07) is 5.82. The van der Waals surface area contributed by atoms with Crippen molar-refractivity contribution in [2.24, 2.45) is 0 Å². The van der Waals surface area contributed by atoms with Gasteiger partial charge in [-0.3, -0.25) is 14.9 Å². The van der Waals surface area contributed by atoms with Crippen molar-refractivity contribution in [1.29, 1.82) is 0 Å². The summed E-state index contributed by atoms with van der Waals surface area (Å²) in [7, 11) is 2.60. The number of carbonyl (C=O) groups is 2. The lowest BCUT2D eigenvalue weighted by Gasteiger charge is -2.10. The number of rotatable bonds is 5. The monoisotopic (exact) mass is 448 g/mol. The Hall–Kier alpha value is -3.17. The predicted octanol–water partition coefficient (Wildman–Crippen LogP) is 5.13. The normalized spacial score (nSPS) is 10.7. The summed E-state index contributed by atoms with van der Waals surface area (Å²) >= 11 is 7.42. The number of ether oxygens (including phenoxy) is 2. The molecule has 8 nitrogen and oxygen atoms in total. The standard InChI is InChI=1S/C20H17ClN2O6S/c1-9-7-12(21)10(2)15-16(18(20(25)29-4)30-17(9)15)19(24)22-13-6-5-11(28-3)8-14(13)23(26)27/h5-8H,1-4H3,(H,22,24). The van der Waals surface area contributed by atoms with Crippen LogP contribution in [0.25, 0.3) is 10.1 Å². The van der Waals surface area contributed by atoms with Gasteiger partial charge in [0.1, 0.15) is 16.3 Å². The molecule has 1 amide bonds. The Kier molecular flexibility index (Phi) is 5.95. The van der Waals surface area contributed by atoms with E-state index in [-0.39, 0.29) is 27.6 Å². The molecule has 0 radical (unpaired) electrons. The van der Waals surface area contributed by atoms with E-state index in [2.05, 4.69) is 5.32 Å². The largest absolute Gasteiger partial charge is 0.496 e. The van der Waals surface area contributed by atoms with Crippen molar-refractivity contribution >= 4 is 56.3 Å². The van der Waals surface area contributed by atoms with Gasteiger partial charge in [-0.2, -0.15) is 0 Å². The van der Waals surface area contributed by atoms with Crippen LogP contribution in [-0.2, 0) is 4.74 Å². The first-order valence-corrected chi connectivity index (χ1v) is 9.83. The molecule has 0 fully saturated rings. The lowest BCUT2D eigenvalue weighted by atomic mass is 10.0. The number of halogens is 1. The van der Waals surface area contributed by atoms with Crippen LogP contribution in [0, 0.1) is 24.0 Å². The van der Waals surface area contributed by atoms with E-state index in [1.54, 1.807) is 13.0 Å². The number of hydrogen-bond donors (Lipinski definition) is 1. The average molecular weight is 449 g/mol. The van der Waals surface area contributed by atoms with Crippen molar-refractivity contribution in [3.8, 4) is 5.75 Å². The Morgan fingerprint density at radius 2 is 1.90 bits per heavy atom. The number of hydrogen-bond acceptors (Lipinski definition) is 7. The number of esters is 1. The third-order valence-electron chi connectivity index (χ3n) is 4.59. The third kappa shape index (κ3) is 3.69. The van der Waals surface area contributed by atoms with Crippen LogP contribution in [0.2, 0.25) is 5.02 Å². The first kappa shape index (κ1) is 21.5. The number of carbonyl (C=O) groups excluding carboxylic acids is 2. The zero-order valence-electron chi connectivity index (χ0n) is 16.5. The highest BCUT2D eigenvalue weighted by Crippen LogP contribution is 2.40. The molecule has 3 aromatic rings. The van der Waals surface area contributed by atoms with Crippen molar-refractivity contribution in [2.75, 3.05) is 19.5 Å². The lowest BCUT2D eigenvalue weighted by Crippen LogP contribution is -2.16. The summed E-state index contributed by atoms with van der Waals surface area (Å²) in [6.45, 7) is 3.56. The summed E-state index contributed by atoms with van der Waals surface area (Å²) < 4.78 is 10.6. The smallest absolute Gasteiger partial charge is 0.348 e. The average Bonchev–Trinajstić information content (AvgIpc) is 3.13. The summed E-state index contributed by atoms with van der Waals surface area (Å²) in [5.41, 5.74) is 1.11. The molecule has 3 rings (SSSR count). The minimum Gasteiger partial charge on any atom is -0.496 e. The number of nitro groups is 1. The van der Waals surface area contributed by atoms with Crippen LogP contribution in [0.1, 0.15) is 31.2 Å². The predicted molar refractivity (Wildman–Crippen MR) is 115 cm³/mol. The first-order valence-electron chi connectivity index (χ1n) is 8.63. The van der Waals surface area contributed by atoms with E-state index in [9.17, 15) is 19.7 Å². The highest BCUT2D eigenvalue weighted by molar-refractivity contribution is 7.21. The van der Waals surface area contributed by atoms with Crippen molar-refractivity contribution in [1.82, 2.24) is 0 Å². The van der Waals surface area contributed by atoms with Gasteiger partial charge < -0.3 is 14.8 Å². The quantitative estimate of drug-likeness (QED) is 0.329. The molecule has 0 saturated heterocycles. The maximum Gasteiger partial charge on any atom is 0.348 e. The van der Waals surface area contributed by atoms with E-state index in [4.69, 9.17) is 21.1 Å². The van der Waals surface area contributed by atoms with E-state index in [1.165, 1.54) is 32.4 Å². The molecule has 0 bridgehead atoms. The fraction of sp³-hybridized carbons (Fsp3) is 0.200. The van der Waals surface area contributed by atoms with Gasteiger partial charge in [-0.15, -0.1) is 11.3 Å². The maximum atomic E-state index is 13.2. The van der Waals surface area contributed by atoms with Crippen LogP contribution in [-0.4, -0.2) is 31.0 Å². The highest BCUT2D eigenvalue weighted by atomic mass is 35.5. The number of nitro benzene ring substituents is 1. The van der Waals surface area contributed by atoms with Gasteiger partial charge in [0.15, 0.2) is 0 Å². The van der Waals surface area contributed by atoms with Crippen LogP contribution in [0.3, 0.4) is 0 Å². The van der Waals surface area contributed by atoms with Crippen LogP contribution < -0.4 is 10.1 Å². The second-order valence-electron chi connectivity index (χ2n) is 6.40. The lowest BCUT2D eigenvalue weighted by molar-refractivity contribution is -0.384. The fourth-order valence-electron chi connectivity index (χ4n) is 3.08. The number of nitrogens with zero attached hydrogens (tertiary/aromatic N) is 1. The van der Waals surface area contributed by atoms with E-state index in [0.717, 1.165) is 16.9 Å². The summed E-state index contributed by atoms with van der Waals surface area (Å²) in [4.78, 5) is 36.5. The van der Waals surface area contributed by atoms with Gasteiger partial charge in [0.05, 0.1) is 30.8 Å². The zero-order valence-corrected chi connectivity index (χ0v) is 18.1.